The van der Waals surface area contributed by atoms with Gasteiger partial charge in [0.15, 0.2) is 11.5 Å². The number of methoxy groups -OCH3 is 2. The zero-order chi connectivity index (χ0) is 36.1. The number of imide groups is 1. The maximum atomic E-state index is 13.6. The molecule has 2 aliphatic heterocycles. The Hall–Kier alpha value is -4.67. The van der Waals surface area contributed by atoms with E-state index in [1.165, 1.54) is 30.3 Å². The smallest absolute Gasteiger partial charge is 0.261 e. The number of pyridine rings is 1. The highest BCUT2D eigenvalue weighted by Gasteiger charge is 2.35. The van der Waals surface area contributed by atoms with Crippen molar-refractivity contribution < 1.29 is 28.2 Å². The van der Waals surface area contributed by atoms with Gasteiger partial charge in [-0.15, -0.1) is 0 Å². The Balaban J connectivity index is 0.968. The molecule has 51 heavy (non-hydrogen) atoms. The number of hydrogen-bond acceptors (Lipinski definition) is 10. The van der Waals surface area contributed by atoms with Gasteiger partial charge >= 0.3 is 0 Å². The third-order valence-electron chi connectivity index (χ3n) is 9.15. The first kappa shape index (κ1) is 36.1. The molecule has 266 valence electrons. The molecule has 1 aromatic heterocycles. The number of piperazine rings is 1. The maximum Gasteiger partial charge on any atom is 0.261 e. The Labute approximate surface area is 305 Å². The minimum atomic E-state index is -0.518. The Morgan fingerprint density at radius 3 is 2.24 bits per heavy atom. The van der Waals surface area contributed by atoms with E-state index in [0.717, 1.165) is 58.2 Å². The molecule has 11 nitrogen and oxygen atoms in total. The van der Waals surface area contributed by atoms with Crippen molar-refractivity contribution in [2.75, 3.05) is 72.0 Å². The number of nitrogens with zero attached hydrogens (tertiary/aromatic N) is 5. The van der Waals surface area contributed by atoms with Crippen LogP contribution in [0.5, 0.6) is 17.2 Å². The van der Waals surface area contributed by atoms with Gasteiger partial charge in [0.05, 0.1) is 64.5 Å². The molecule has 1 N–H and O–H groups in total. The van der Waals surface area contributed by atoms with Crippen LogP contribution in [0, 0.1) is 17.1 Å². The van der Waals surface area contributed by atoms with Crippen molar-refractivity contribution in [2.45, 2.75) is 19.3 Å². The summed E-state index contributed by atoms with van der Waals surface area (Å²) in [5.74, 6) is 0.217. The molecule has 1 fully saturated rings. The maximum absolute atomic E-state index is 13.6. The largest absolute Gasteiger partial charge is 0.495 e. The third-order valence-corrected chi connectivity index (χ3v) is 9.76. The molecule has 2 aliphatic rings. The highest BCUT2D eigenvalue weighted by molar-refractivity contribution is 6.37. The monoisotopic (exact) mass is 734 g/mol. The summed E-state index contributed by atoms with van der Waals surface area (Å²) in [6.45, 7) is 6.33. The molecule has 6 rings (SSSR count). The van der Waals surface area contributed by atoms with Crippen LogP contribution in [0.25, 0.3) is 10.9 Å². The Morgan fingerprint density at radius 2 is 1.53 bits per heavy atom. The van der Waals surface area contributed by atoms with E-state index < -0.39 is 11.7 Å². The van der Waals surface area contributed by atoms with Crippen molar-refractivity contribution in [3.8, 4) is 23.3 Å². The van der Waals surface area contributed by atoms with Crippen LogP contribution in [0.2, 0.25) is 10.0 Å². The van der Waals surface area contributed by atoms with Crippen molar-refractivity contribution in [1.29, 1.82) is 5.26 Å². The molecule has 0 radical (unpaired) electrons. The molecule has 0 spiro atoms. The number of carbonyl (C=O) groups excluding carboxylic acids is 2. The van der Waals surface area contributed by atoms with E-state index in [2.05, 4.69) is 26.2 Å². The number of carbonyl (C=O) groups is 2. The summed E-state index contributed by atoms with van der Waals surface area (Å²) in [7, 11) is 3.08. The molecule has 3 heterocycles. The molecule has 14 heteroatoms. The lowest BCUT2D eigenvalue weighted by atomic mass is 10.1. The van der Waals surface area contributed by atoms with Gasteiger partial charge < -0.3 is 29.3 Å². The highest BCUT2D eigenvalue weighted by Crippen LogP contribution is 2.40. The average Bonchev–Trinajstić information content (AvgIpc) is 3.37. The molecule has 3 aromatic carbocycles. The van der Waals surface area contributed by atoms with E-state index in [-0.39, 0.29) is 17.0 Å². The number of benzene rings is 3. The number of unbranched alkanes of at least 4 members (excludes halogenated alkanes) is 1. The Morgan fingerprint density at radius 1 is 0.843 bits per heavy atom. The Kier molecular flexibility index (Phi) is 11.4. The molecule has 0 saturated carbocycles. The summed E-state index contributed by atoms with van der Waals surface area (Å²) in [5.41, 5.74) is 2.38. The summed E-state index contributed by atoms with van der Waals surface area (Å²) >= 11 is 12.7. The number of ether oxygens (including phenoxy) is 3. The van der Waals surface area contributed by atoms with E-state index >= 15 is 0 Å². The van der Waals surface area contributed by atoms with Crippen LogP contribution >= 0.6 is 23.2 Å². The summed E-state index contributed by atoms with van der Waals surface area (Å²) in [4.78, 5) is 35.7. The summed E-state index contributed by atoms with van der Waals surface area (Å²) in [6, 6.07) is 12.8. The standard InChI is InChI=1S/C37H37Cl2FN6O5/c1-49-32-20-31(28(38)18-29(32)39)43-35-23(21-41)22-42-30-19-34(33(50-2)17-27(30)35)51-15-5-9-45-13-11-44(12-14-45)8-3-4-10-46-36(47)25-7-6-24(40)16-26(25)37(46)48/h6-7,16-20,22H,3-5,8-15H2,1-2H3,(H,42,43). The normalized spacial score (nSPS) is 14.9. The van der Waals surface area contributed by atoms with E-state index in [1.54, 1.807) is 31.4 Å². The first-order valence-electron chi connectivity index (χ1n) is 16.6. The van der Waals surface area contributed by atoms with Crippen LogP contribution in [0.3, 0.4) is 0 Å². The molecular formula is C37H37Cl2FN6O5. The second kappa shape index (κ2) is 16.1. The van der Waals surface area contributed by atoms with Crippen LogP contribution in [-0.2, 0) is 0 Å². The molecule has 4 aromatic rings. The Bertz CT molecular complexity index is 2000. The second-order valence-electron chi connectivity index (χ2n) is 12.3. The molecule has 0 aliphatic carbocycles. The number of nitriles is 1. The lowest BCUT2D eigenvalue weighted by molar-refractivity contribution is 0.0648. The predicted octanol–water partition coefficient (Wildman–Crippen LogP) is 6.78. The van der Waals surface area contributed by atoms with E-state index in [9.17, 15) is 19.2 Å². The third kappa shape index (κ3) is 7.97. The molecular weight excluding hydrogens is 698 g/mol. The predicted molar refractivity (Wildman–Crippen MR) is 193 cm³/mol. The SMILES string of the molecule is COc1cc(Nc2c(C#N)cnc3cc(OCCCN4CCN(CCCCN5C(=O)c6ccc(F)cc6C5=O)CC4)c(OC)cc23)c(Cl)cc1Cl. The van der Waals surface area contributed by atoms with Crippen molar-refractivity contribution in [1.82, 2.24) is 19.7 Å². The number of nitrogens with one attached hydrogen (secondary N) is 1. The van der Waals surface area contributed by atoms with Crippen LogP contribution in [0.1, 0.15) is 45.5 Å². The first-order valence-corrected chi connectivity index (χ1v) is 17.4. The average molecular weight is 736 g/mol. The van der Waals surface area contributed by atoms with Crippen LogP contribution in [0.15, 0.2) is 48.7 Å². The van der Waals surface area contributed by atoms with Crippen molar-refractivity contribution >= 4 is 57.3 Å². The van der Waals surface area contributed by atoms with Gasteiger partial charge in [-0.3, -0.25) is 19.5 Å². The lowest BCUT2D eigenvalue weighted by Gasteiger charge is -2.34. The van der Waals surface area contributed by atoms with Crippen molar-refractivity contribution in [2.24, 2.45) is 0 Å². The number of anilines is 2. The number of halogens is 3. The molecule has 0 atom stereocenters. The minimum Gasteiger partial charge on any atom is -0.495 e. The van der Waals surface area contributed by atoms with Crippen LogP contribution in [-0.4, -0.2) is 98.1 Å². The second-order valence-corrected chi connectivity index (χ2v) is 13.1. The number of aromatic nitrogens is 1. The molecule has 2 amide bonds. The highest BCUT2D eigenvalue weighted by atomic mass is 35.5. The van der Waals surface area contributed by atoms with E-state index in [0.29, 0.717) is 74.7 Å². The fourth-order valence-electron chi connectivity index (χ4n) is 6.39. The minimum absolute atomic E-state index is 0.149. The van der Waals surface area contributed by atoms with Gasteiger partial charge in [0.25, 0.3) is 11.8 Å². The van der Waals surface area contributed by atoms with Crippen LogP contribution < -0.4 is 19.5 Å². The van der Waals surface area contributed by atoms with Crippen LogP contribution in [0.4, 0.5) is 15.8 Å². The van der Waals surface area contributed by atoms with Crippen molar-refractivity contribution in [3.63, 3.8) is 0 Å². The van der Waals surface area contributed by atoms with Gasteiger partial charge in [-0.05, 0) is 56.1 Å². The zero-order valence-corrected chi connectivity index (χ0v) is 29.8. The van der Waals surface area contributed by atoms with Gasteiger partial charge in [-0.1, -0.05) is 23.2 Å². The fraction of sp³-hybridized carbons (Fsp3) is 0.351. The topological polar surface area (TPSA) is 120 Å². The summed E-state index contributed by atoms with van der Waals surface area (Å²) in [6.07, 6.45) is 3.87. The fourth-order valence-corrected chi connectivity index (χ4v) is 6.89. The lowest BCUT2D eigenvalue weighted by Crippen LogP contribution is -2.47. The van der Waals surface area contributed by atoms with Gasteiger partial charge in [-0.25, -0.2) is 4.39 Å². The number of rotatable bonds is 14. The van der Waals surface area contributed by atoms with Gasteiger partial charge in [0.1, 0.15) is 17.6 Å². The van der Waals surface area contributed by atoms with Gasteiger partial charge in [-0.2, -0.15) is 5.26 Å². The van der Waals surface area contributed by atoms with Gasteiger partial charge in [0, 0.05) is 63.0 Å². The number of fused-ring (bicyclic) bond motifs is 2. The zero-order valence-electron chi connectivity index (χ0n) is 28.3. The molecule has 1 saturated heterocycles. The van der Waals surface area contributed by atoms with Crippen molar-refractivity contribution in [3.05, 3.63) is 81.2 Å². The number of hydrogen-bond donors (Lipinski definition) is 1. The van der Waals surface area contributed by atoms with E-state index in [1.807, 2.05) is 0 Å². The summed E-state index contributed by atoms with van der Waals surface area (Å²) < 4.78 is 30.7. The quantitative estimate of drug-likeness (QED) is 0.110. The number of amides is 2. The first-order chi connectivity index (χ1) is 24.7. The van der Waals surface area contributed by atoms with Gasteiger partial charge in [0.2, 0.25) is 0 Å². The summed E-state index contributed by atoms with van der Waals surface area (Å²) in [5, 5.41) is 14.5. The van der Waals surface area contributed by atoms with E-state index in [4.69, 9.17) is 37.4 Å². The molecule has 0 bridgehead atoms. The molecule has 0 unspecified atom stereocenters.